The second kappa shape index (κ2) is 8.56. The average Bonchev–Trinajstić information content (AvgIpc) is 3.17. The molecule has 2 aromatic rings. The Morgan fingerprint density at radius 3 is 2.11 bits per heavy atom. The Bertz CT molecular complexity index is 875. The third-order valence-corrected chi connectivity index (χ3v) is 4.63. The van der Waals surface area contributed by atoms with Crippen molar-refractivity contribution in [1.82, 2.24) is 5.01 Å². The van der Waals surface area contributed by atoms with E-state index < -0.39 is 5.97 Å². The molecule has 28 heavy (non-hydrogen) atoms. The van der Waals surface area contributed by atoms with Crippen molar-refractivity contribution >= 4 is 17.6 Å². The quantitative estimate of drug-likeness (QED) is 0.731. The molecule has 3 rings (SSSR count). The molecule has 1 aliphatic rings. The Labute approximate surface area is 163 Å². The number of hydrogen-bond acceptors (Lipinski definition) is 6. The second-order valence-electron chi connectivity index (χ2n) is 6.38. The molecular formula is C21H21N2O5-. The van der Waals surface area contributed by atoms with Crippen molar-refractivity contribution in [3.05, 3.63) is 59.7 Å². The van der Waals surface area contributed by atoms with E-state index in [4.69, 9.17) is 9.47 Å². The molecule has 1 heterocycles. The van der Waals surface area contributed by atoms with E-state index in [2.05, 4.69) is 5.10 Å². The van der Waals surface area contributed by atoms with E-state index in [0.29, 0.717) is 12.2 Å². The standard InChI is InChI=1S/C21H22N2O5/c1-27-16-7-3-14(4-8-16)18-13-19(15-5-9-17(28-2)10-6-15)23(22-18)20(24)11-12-21(25)26/h3-10,19H,11-13H2,1-2H3,(H,25,26)/p-1. The summed E-state index contributed by atoms with van der Waals surface area (Å²) in [4.78, 5) is 23.4. The summed E-state index contributed by atoms with van der Waals surface area (Å²) in [5.74, 6) is -0.162. The molecule has 0 saturated carbocycles. The Kier molecular flexibility index (Phi) is 5.93. The van der Waals surface area contributed by atoms with Gasteiger partial charge in [-0.05, 0) is 53.9 Å². The first kappa shape index (κ1) is 19.4. The molecule has 0 fully saturated rings. The summed E-state index contributed by atoms with van der Waals surface area (Å²) < 4.78 is 10.4. The van der Waals surface area contributed by atoms with Crippen LogP contribution in [0.3, 0.4) is 0 Å². The highest BCUT2D eigenvalue weighted by atomic mass is 16.5. The first-order valence-corrected chi connectivity index (χ1v) is 8.89. The number of benzene rings is 2. The minimum absolute atomic E-state index is 0.158. The number of hydrogen-bond donors (Lipinski definition) is 0. The maximum atomic E-state index is 12.6. The van der Waals surface area contributed by atoms with E-state index in [9.17, 15) is 14.7 Å². The highest BCUT2D eigenvalue weighted by Crippen LogP contribution is 2.34. The number of carbonyl (C=O) groups is 2. The van der Waals surface area contributed by atoms with Crippen molar-refractivity contribution in [3.8, 4) is 11.5 Å². The number of nitrogens with zero attached hydrogens (tertiary/aromatic N) is 2. The topological polar surface area (TPSA) is 91.3 Å². The van der Waals surface area contributed by atoms with Crippen molar-refractivity contribution in [2.24, 2.45) is 5.10 Å². The molecule has 0 bridgehead atoms. The lowest BCUT2D eigenvalue weighted by molar-refractivity contribution is -0.305. The summed E-state index contributed by atoms with van der Waals surface area (Å²) >= 11 is 0. The van der Waals surface area contributed by atoms with E-state index in [1.54, 1.807) is 14.2 Å². The van der Waals surface area contributed by atoms with Crippen molar-refractivity contribution in [2.45, 2.75) is 25.3 Å². The van der Waals surface area contributed by atoms with Crippen LogP contribution in [0.1, 0.15) is 36.4 Å². The predicted molar refractivity (Wildman–Crippen MR) is 101 cm³/mol. The maximum Gasteiger partial charge on any atom is 0.243 e. The van der Waals surface area contributed by atoms with Gasteiger partial charge in [-0.15, -0.1) is 0 Å². The molecule has 1 aliphatic heterocycles. The van der Waals surface area contributed by atoms with Crippen LogP contribution < -0.4 is 14.6 Å². The number of carboxylic acids is 1. The number of carboxylic acid groups (broad SMARTS) is 1. The zero-order valence-electron chi connectivity index (χ0n) is 15.8. The van der Waals surface area contributed by atoms with Crippen LogP contribution in [0.15, 0.2) is 53.6 Å². The first-order valence-electron chi connectivity index (χ1n) is 8.89. The SMILES string of the molecule is COc1ccc(C2=NN(C(=O)CCC(=O)[O-])C(c3ccc(OC)cc3)C2)cc1. The summed E-state index contributed by atoms with van der Waals surface area (Å²) in [5, 5.41) is 16.6. The third kappa shape index (κ3) is 4.31. The molecule has 1 amide bonds. The molecule has 7 heteroatoms. The number of rotatable bonds is 7. The van der Waals surface area contributed by atoms with Crippen LogP contribution in [0, 0.1) is 0 Å². The van der Waals surface area contributed by atoms with Crippen LogP contribution in [0.5, 0.6) is 11.5 Å². The van der Waals surface area contributed by atoms with Gasteiger partial charge in [0.15, 0.2) is 0 Å². The number of methoxy groups -OCH3 is 2. The molecule has 0 saturated heterocycles. The largest absolute Gasteiger partial charge is 0.550 e. The summed E-state index contributed by atoms with van der Waals surface area (Å²) in [7, 11) is 3.19. The molecule has 1 atom stereocenters. The van der Waals surface area contributed by atoms with Gasteiger partial charge in [0.05, 0.1) is 26.0 Å². The summed E-state index contributed by atoms with van der Waals surface area (Å²) in [6, 6.07) is 14.5. The molecule has 1 unspecified atom stereocenters. The van der Waals surface area contributed by atoms with Crippen molar-refractivity contribution in [3.63, 3.8) is 0 Å². The van der Waals surface area contributed by atoms with Crippen molar-refractivity contribution in [1.29, 1.82) is 0 Å². The fraction of sp³-hybridized carbons (Fsp3) is 0.286. The number of carbonyl (C=O) groups excluding carboxylic acids is 2. The molecule has 7 nitrogen and oxygen atoms in total. The van der Waals surface area contributed by atoms with Crippen LogP contribution in [-0.4, -0.2) is 36.8 Å². The van der Waals surface area contributed by atoms with Gasteiger partial charge < -0.3 is 19.4 Å². The molecule has 0 N–H and O–H groups in total. The number of ether oxygens (including phenoxy) is 2. The van der Waals surface area contributed by atoms with Gasteiger partial charge in [-0.25, -0.2) is 5.01 Å². The molecule has 0 spiro atoms. The summed E-state index contributed by atoms with van der Waals surface area (Å²) in [6.45, 7) is 0. The zero-order valence-corrected chi connectivity index (χ0v) is 15.8. The Hall–Kier alpha value is -3.35. The minimum Gasteiger partial charge on any atom is -0.550 e. The molecule has 0 radical (unpaired) electrons. The van der Waals surface area contributed by atoms with E-state index >= 15 is 0 Å². The zero-order chi connectivity index (χ0) is 20.1. The van der Waals surface area contributed by atoms with Gasteiger partial charge in [0.25, 0.3) is 0 Å². The Morgan fingerprint density at radius 1 is 1.00 bits per heavy atom. The van der Waals surface area contributed by atoms with Crippen molar-refractivity contribution in [2.75, 3.05) is 14.2 Å². The fourth-order valence-corrected chi connectivity index (χ4v) is 3.11. The van der Waals surface area contributed by atoms with E-state index in [1.165, 1.54) is 5.01 Å². The van der Waals surface area contributed by atoms with Crippen LogP contribution in [0.2, 0.25) is 0 Å². The highest BCUT2D eigenvalue weighted by molar-refractivity contribution is 6.03. The molecular weight excluding hydrogens is 360 g/mol. The molecule has 2 aromatic carbocycles. The molecule has 0 aliphatic carbocycles. The number of aliphatic carboxylic acids is 1. The van der Waals surface area contributed by atoms with Gasteiger partial charge in [0, 0.05) is 18.8 Å². The Balaban J connectivity index is 1.88. The van der Waals surface area contributed by atoms with E-state index in [0.717, 1.165) is 22.6 Å². The van der Waals surface area contributed by atoms with Gasteiger partial charge in [-0.2, -0.15) is 5.10 Å². The lowest BCUT2D eigenvalue weighted by Crippen LogP contribution is -2.29. The smallest absolute Gasteiger partial charge is 0.243 e. The first-order chi connectivity index (χ1) is 13.5. The van der Waals surface area contributed by atoms with Gasteiger partial charge in [-0.1, -0.05) is 12.1 Å². The van der Waals surface area contributed by atoms with E-state index in [-0.39, 0.29) is 24.8 Å². The predicted octanol–water partition coefficient (Wildman–Crippen LogP) is 1.91. The minimum atomic E-state index is -1.26. The van der Waals surface area contributed by atoms with Crippen LogP contribution in [-0.2, 0) is 9.59 Å². The fourth-order valence-electron chi connectivity index (χ4n) is 3.11. The highest BCUT2D eigenvalue weighted by Gasteiger charge is 2.32. The summed E-state index contributed by atoms with van der Waals surface area (Å²) in [6.07, 6.45) is 0.0299. The van der Waals surface area contributed by atoms with Gasteiger partial charge in [0.2, 0.25) is 5.91 Å². The average molecular weight is 381 g/mol. The van der Waals surface area contributed by atoms with Gasteiger partial charge >= 0.3 is 0 Å². The van der Waals surface area contributed by atoms with Crippen LogP contribution >= 0.6 is 0 Å². The van der Waals surface area contributed by atoms with Crippen LogP contribution in [0.25, 0.3) is 0 Å². The summed E-state index contributed by atoms with van der Waals surface area (Å²) in [5.41, 5.74) is 2.54. The lowest BCUT2D eigenvalue weighted by atomic mass is 9.98. The number of hydrazone groups is 1. The van der Waals surface area contributed by atoms with Gasteiger partial charge in [0.1, 0.15) is 11.5 Å². The molecule has 146 valence electrons. The second-order valence-corrected chi connectivity index (χ2v) is 6.38. The number of amides is 1. The lowest BCUT2D eigenvalue weighted by Gasteiger charge is -2.22. The maximum absolute atomic E-state index is 12.6. The normalized spacial score (nSPS) is 15.9. The third-order valence-electron chi connectivity index (χ3n) is 4.63. The monoisotopic (exact) mass is 381 g/mol. The van der Waals surface area contributed by atoms with Gasteiger partial charge in [-0.3, -0.25) is 4.79 Å². The Morgan fingerprint density at radius 2 is 1.57 bits per heavy atom. The van der Waals surface area contributed by atoms with Crippen molar-refractivity contribution < 1.29 is 24.2 Å². The molecule has 0 aromatic heterocycles. The van der Waals surface area contributed by atoms with Crippen LogP contribution in [0.4, 0.5) is 0 Å². The van der Waals surface area contributed by atoms with E-state index in [1.807, 2.05) is 48.5 Å².